The van der Waals surface area contributed by atoms with E-state index in [1.54, 1.807) is 0 Å². The van der Waals surface area contributed by atoms with E-state index >= 15 is 0 Å². The Morgan fingerprint density at radius 1 is 1.44 bits per heavy atom. The van der Waals surface area contributed by atoms with Crippen LogP contribution in [-0.4, -0.2) is 32.1 Å². The van der Waals surface area contributed by atoms with Crippen LogP contribution in [0, 0.1) is 0 Å². The lowest BCUT2D eigenvalue weighted by molar-refractivity contribution is -0.151. The minimum atomic E-state index is -0.460. The van der Waals surface area contributed by atoms with Crippen molar-refractivity contribution in [2.24, 2.45) is 5.73 Å². The highest BCUT2D eigenvalue weighted by Gasteiger charge is 2.18. The maximum absolute atomic E-state index is 11.6. The molecule has 0 aromatic carbocycles. The van der Waals surface area contributed by atoms with Gasteiger partial charge in [-0.25, -0.2) is 0 Å². The highest BCUT2D eigenvalue weighted by Crippen LogP contribution is 2.18. The summed E-state index contributed by atoms with van der Waals surface area (Å²) in [6.45, 7) is 8.59. The number of nitrogens with zero attached hydrogens (tertiary/aromatic N) is 3. The Bertz CT molecular complexity index is 412. The normalized spacial score (nSPS) is 11.6. The molecule has 102 valence electrons. The minimum Gasteiger partial charge on any atom is -0.459 e. The molecule has 0 atom stereocenters. The fourth-order valence-corrected chi connectivity index (χ4v) is 2.18. The lowest BCUT2D eigenvalue weighted by Crippen LogP contribution is -2.25. The summed E-state index contributed by atoms with van der Waals surface area (Å²) < 4.78 is 7.12. The van der Waals surface area contributed by atoms with Crippen molar-refractivity contribution in [1.29, 1.82) is 0 Å². The first kappa shape index (κ1) is 15.0. The van der Waals surface area contributed by atoms with Crippen molar-refractivity contribution in [2.75, 3.05) is 5.75 Å². The monoisotopic (exact) mass is 272 g/mol. The summed E-state index contributed by atoms with van der Waals surface area (Å²) in [5.41, 5.74) is 5.09. The Labute approximate surface area is 111 Å². The average Bonchev–Trinajstić information content (AvgIpc) is 2.65. The van der Waals surface area contributed by atoms with Crippen LogP contribution in [0.1, 0.15) is 33.5 Å². The van der Waals surface area contributed by atoms with Gasteiger partial charge in [0.1, 0.15) is 11.4 Å². The van der Waals surface area contributed by atoms with Crippen molar-refractivity contribution in [3.05, 3.63) is 5.82 Å². The third-order valence-electron chi connectivity index (χ3n) is 2.03. The van der Waals surface area contributed by atoms with Crippen LogP contribution in [0.3, 0.4) is 0 Å². The van der Waals surface area contributed by atoms with Crippen LogP contribution < -0.4 is 5.73 Å². The first-order chi connectivity index (χ1) is 8.37. The lowest BCUT2D eigenvalue weighted by atomic mass is 10.2. The third kappa shape index (κ3) is 4.30. The fraction of sp³-hybridized carbons (Fsp3) is 0.727. The maximum Gasteiger partial charge on any atom is 0.316 e. The van der Waals surface area contributed by atoms with Gasteiger partial charge >= 0.3 is 5.97 Å². The van der Waals surface area contributed by atoms with Gasteiger partial charge in [0.05, 0.1) is 12.3 Å². The quantitative estimate of drug-likeness (QED) is 0.640. The first-order valence-corrected chi connectivity index (χ1v) is 6.82. The molecule has 1 rings (SSSR count). The largest absolute Gasteiger partial charge is 0.459 e. The predicted octanol–water partition coefficient (Wildman–Crippen LogP) is 1.19. The SMILES string of the molecule is CCn1c(CN)nnc1SCC(=O)OC(C)(C)C. The molecule has 0 saturated carbocycles. The number of ether oxygens (including phenoxy) is 1. The Morgan fingerprint density at radius 3 is 2.61 bits per heavy atom. The van der Waals surface area contributed by atoms with E-state index in [2.05, 4.69) is 10.2 Å². The van der Waals surface area contributed by atoms with Gasteiger partial charge in [-0.1, -0.05) is 11.8 Å². The molecule has 0 amide bonds. The second kappa shape index (κ2) is 6.19. The molecule has 0 radical (unpaired) electrons. The number of rotatable bonds is 5. The average molecular weight is 272 g/mol. The molecule has 18 heavy (non-hydrogen) atoms. The van der Waals surface area contributed by atoms with Crippen molar-refractivity contribution >= 4 is 17.7 Å². The lowest BCUT2D eigenvalue weighted by Gasteiger charge is -2.19. The van der Waals surface area contributed by atoms with Gasteiger partial charge < -0.3 is 15.0 Å². The molecule has 0 bridgehead atoms. The van der Waals surface area contributed by atoms with Crippen molar-refractivity contribution in [3.63, 3.8) is 0 Å². The van der Waals surface area contributed by atoms with E-state index in [9.17, 15) is 4.79 Å². The van der Waals surface area contributed by atoms with E-state index < -0.39 is 5.60 Å². The van der Waals surface area contributed by atoms with Crippen molar-refractivity contribution in [3.8, 4) is 0 Å². The summed E-state index contributed by atoms with van der Waals surface area (Å²) in [5, 5.41) is 8.69. The molecule has 7 heteroatoms. The minimum absolute atomic E-state index is 0.222. The van der Waals surface area contributed by atoms with Gasteiger partial charge in [0, 0.05) is 6.54 Å². The second-order valence-electron chi connectivity index (χ2n) is 4.72. The molecule has 0 fully saturated rings. The van der Waals surface area contributed by atoms with Crippen molar-refractivity contribution < 1.29 is 9.53 Å². The molecule has 1 aromatic heterocycles. The van der Waals surface area contributed by atoms with E-state index in [0.29, 0.717) is 11.7 Å². The number of esters is 1. The van der Waals surface area contributed by atoms with Gasteiger partial charge in [0.2, 0.25) is 0 Å². The summed E-state index contributed by atoms with van der Waals surface area (Å²) in [6.07, 6.45) is 0. The molecule has 6 nitrogen and oxygen atoms in total. The zero-order valence-electron chi connectivity index (χ0n) is 11.3. The molecule has 0 aliphatic rings. The first-order valence-electron chi connectivity index (χ1n) is 5.84. The predicted molar refractivity (Wildman–Crippen MR) is 70.2 cm³/mol. The highest BCUT2D eigenvalue weighted by atomic mass is 32.2. The topological polar surface area (TPSA) is 83.0 Å². The molecule has 0 saturated heterocycles. The second-order valence-corrected chi connectivity index (χ2v) is 5.66. The molecule has 0 aliphatic heterocycles. The van der Waals surface area contributed by atoms with E-state index in [1.807, 2.05) is 32.3 Å². The molecule has 0 unspecified atom stereocenters. The number of thioether (sulfide) groups is 1. The van der Waals surface area contributed by atoms with E-state index in [-0.39, 0.29) is 11.7 Å². The molecular formula is C11H20N4O2S. The summed E-state index contributed by atoms with van der Waals surface area (Å²) in [5.74, 6) is 0.691. The van der Waals surface area contributed by atoms with Crippen LogP contribution in [0.15, 0.2) is 5.16 Å². The smallest absolute Gasteiger partial charge is 0.316 e. The van der Waals surface area contributed by atoms with Gasteiger partial charge in [-0.05, 0) is 27.7 Å². The molecule has 2 N–H and O–H groups in total. The number of hydrogen-bond acceptors (Lipinski definition) is 6. The Balaban J connectivity index is 2.58. The van der Waals surface area contributed by atoms with Crippen molar-refractivity contribution in [1.82, 2.24) is 14.8 Å². The van der Waals surface area contributed by atoms with Gasteiger partial charge in [0.25, 0.3) is 0 Å². The Morgan fingerprint density at radius 2 is 2.11 bits per heavy atom. The summed E-state index contributed by atoms with van der Waals surface area (Å²) in [6, 6.07) is 0. The van der Waals surface area contributed by atoms with Gasteiger partial charge in [-0.2, -0.15) is 0 Å². The van der Waals surface area contributed by atoms with Crippen LogP contribution in [-0.2, 0) is 22.6 Å². The molecule has 0 spiro atoms. The van der Waals surface area contributed by atoms with Crippen LogP contribution in [0.5, 0.6) is 0 Å². The van der Waals surface area contributed by atoms with Crippen LogP contribution >= 0.6 is 11.8 Å². The van der Waals surface area contributed by atoms with Gasteiger partial charge in [-0.15, -0.1) is 10.2 Å². The zero-order valence-corrected chi connectivity index (χ0v) is 12.1. The number of aromatic nitrogens is 3. The molecule has 1 heterocycles. The maximum atomic E-state index is 11.6. The number of nitrogens with two attached hydrogens (primary N) is 1. The van der Waals surface area contributed by atoms with Gasteiger partial charge in [0.15, 0.2) is 5.16 Å². The van der Waals surface area contributed by atoms with E-state index in [1.165, 1.54) is 11.8 Å². The summed E-state index contributed by atoms with van der Waals surface area (Å²) in [7, 11) is 0. The number of hydrogen-bond donors (Lipinski definition) is 1. The van der Waals surface area contributed by atoms with Crippen molar-refractivity contribution in [2.45, 2.75) is 51.5 Å². The fourth-order valence-electron chi connectivity index (χ4n) is 1.39. The molecule has 0 aliphatic carbocycles. The molecule has 1 aromatic rings. The Kier molecular flexibility index (Phi) is 5.15. The van der Waals surface area contributed by atoms with Crippen LogP contribution in [0.4, 0.5) is 0 Å². The third-order valence-corrected chi connectivity index (χ3v) is 2.97. The van der Waals surface area contributed by atoms with Crippen LogP contribution in [0.2, 0.25) is 0 Å². The number of carbonyl (C=O) groups is 1. The zero-order chi connectivity index (χ0) is 13.8. The Hall–Kier alpha value is -1.08. The van der Waals surface area contributed by atoms with Gasteiger partial charge in [-0.3, -0.25) is 4.79 Å². The van der Waals surface area contributed by atoms with Crippen LogP contribution in [0.25, 0.3) is 0 Å². The summed E-state index contributed by atoms with van der Waals surface area (Å²) in [4.78, 5) is 11.6. The standard InChI is InChI=1S/C11H20N4O2S/c1-5-15-8(6-12)13-14-10(15)18-7-9(16)17-11(2,3)4/h5-7,12H2,1-4H3. The van der Waals surface area contributed by atoms with E-state index in [0.717, 1.165) is 12.4 Å². The van der Waals surface area contributed by atoms with E-state index in [4.69, 9.17) is 10.5 Å². The number of carbonyl (C=O) groups excluding carboxylic acids is 1. The highest BCUT2D eigenvalue weighted by molar-refractivity contribution is 7.99. The summed E-state index contributed by atoms with van der Waals surface area (Å²) >= 11 is 1.32. The molecular weight excluding hydrogens is 252 g/mol.